The number of ether oxygens (including phenoxy) is 2. The fraction of sp³-hybridized carbons (Fsp3) is 0.471. The first-order valence-electron chi connectivity index (χ1n) is 8.19. The number of anilines is 1. The Bertz CT molecular complexity index is 570. The first kappa shape index (κ1) is 21.4. The van der Waals surface area contributed by atoms with Gasteiger partial charge in [0.05, 0.1) is 24.7 Å². The van der Waals surface area contributed by atoms with Crippen molar-refractivity contribution in [1.29, 1.82) is 0 Å². The lowest BCUT2D eigenvalue weighted by Crippen LogP contribution is -2.27. The zero-order valence-electron chi connectivity index (χ0n) is 14.8. The molecule has 9 nitrogen and oxygen atoms in total. The normalized spacial score (nSPS) is 14.3. The molecule has 0 atom stereocenters. The fourth-order valence-electron chi connectivity index (χ4n) is 2.15. The van der Waals surface area contributed by atoms with Crippen molar-refractivity contribution in [2.24, 2.45) is 0 Å². The predicted molar refractivity (Wildman–Crippen MR) is 95.7 cm³/mol. The summed E-state index contributed by atoms with van der Waals surface area (Å²) in [7, 11) is 1.67. The number of hydrogen-bond donors (Lipinski definition) is 3. The van der Waals surface area contributed by atoms with Crippen LogP contribution in [0, 0.1) is 0 Å². The highest BCUT2D eigenvalue weighted by Crippen LogP contribution is 2.20. The molecule has 0 spiro atoms. The summed E-state index contributed by atoms with van der Waals surface area (Å²) in [6, 6.07) is 2.05. The number of carboxylic acid groups (broad SMARTS) is 2. The highest BCUT2D eigenvalue weighted by atomic mass is 16.5. The summed E-state index contributed by atoms with van der Waals surface area (Å²) < 4.78 is 10.5. The molecule has 3 N–H and O–H groups in total. The van der Waals surface area contributed by atoms with Gasteiger partial charge in [0.2, 0.25) is 0 Å². The topological polar surface area (TPSA) is 121 Å². The van der Waals surface area contributed by atoms with Gasteiger partial charge in [0.1, 0.15) is 12.4 Å². The molecule has 144 valence electrons. The minimum Gasteiger partial charge on any atom is -0.489 e. The van der Waals surface area contributed by atoms with Gasteiger partial charge in [-0.25, -0.2) is 9.59 Å². The predicted octanol–water partition coefficient (Wildman–Crippen LogP) is 0.618. The molecule has 0 amide bonds. The molecule has 1 aromatic rings. The van der Waals surface area contributed by atoms with Gasteiger partial charge in [-0.3, -0.25) is 4.98 Å². The first-order valence-corrected chi connectivity index (χ1v) is 8.19. The van der Waals surface area contributed by atoms with Crippen LogP contribution >= 0.6 is 0 Å². The molecule has 0 bridgehead atoms. The number of carbonyl (C=O) groups is 2. The van der Waals surface area contributed by atoms with Crippen molar-refractivity contribution < 1.29 is 29.3 Å². The number of aromatic nitrogens is 1. The van der Waals surface area contributed by atoms with Crippen LogP contribution in [0.3, 0.4) is 0 Å². The number of pyridine rings is 1. The lowest BCUT2D eigenvalue weighted by atomic mass is 10.3. The standard InChI is InChI=1S/C13H21N3O2.C4H4O4/c1-17-7-8-18-13-9-12(10-15-11-13)16-5-2-3-14-4-6-16;5-3(6)1-2-4(7)8/h9-11,14H,2-8H2,1H3;1-2H,(H,5,6)(H,7,8)/b;2-1+. The Balaban J connectivity index is 0.000000359. The van der Waals surface area contributed by atoms with E-state index in [-0.39, 0.29) is 0 Å². The number of nitrogens with zero attached hydrogens (tertiary/aromatic N) is 2. The second-order valence-corrected chi connectivity index (χ2v) is 5.32. The van der Waals surface area contributed by atoms with Gasteiger partial charge in [0, 0.05) is 45.0 Å². The third-order valence-corrected chi connectivity index (χ3v) is 3.33. The smallest absolute Gasteiger partial charge is 0.328 e. The van der Waals surface area contributed by atoms with E-state index in [2.05, 4.69) is 15.2 Å². The molecule has 1 aliphatic heterocycles. The van der Waals surface area contributed by atoms with Crippen LogP contribution in [0.5, 0.6) is 5.75 Å². The van der Waals surface area contributed by atoms with Crippen molar-refractivity contribution in [3.8, 4) is 5.75 Å². The Morgan fingerprint density at radius 3 is 2.58 bits per heavy atom. The summed E-state index contributed by atoms with van der Waals surface area (Å²) >= 11 is 0. The monoisotopic (exact) mass is 367 g/mol. The third kappa shape index (κ3) is 9.60. The molecule has 0 radical (unpaired) electrons. The molecule has 9 heteroatoms. The van der Waals surface area contributed by atoms with Crippen molar-refractivity contribution in [3.05, 3.63) is 30.6 Å². The van der Waals surface area contributed by atoms with E-state index in [0.29, 0.717) is 25.4 Å². The molecule has 2 rings (SSSR count). The van der Waals surface area contributed by atoms with E-state index in [1.165, 1.54) is 0 Å². The van der Waals surface area contributed by atoms with E-state index >= 15 is 0 Å². The highest BCUT2D eigenvalue weighted by Gasteiger charge is 2.10. The van der Waals surface area contributed by atoms with E-state index in [0.717, 1.165) is 44.0 Å². The number of methoxy groups -OCH3 is 1. The maximum Gasteiger partial charge on any atom is 0.328 e. The molecule has 1 aromatic heterocycles. The summed E-state index contributed by atoms with van der Waals surface area (Å²) in [6.45, 7) is 5.35. The maximum absolute atomic E-state index is 9.55. The molecule has 0 aliphatic carbocycles. The average molecular weight is 367 g/mol. The van der Waals surface area contributed by atoms with Crippen molar-refractivity contribution in [2.45, 2.75) is 6.42 Å². The molecule has 0 aromatic carbocycles. The van der Waals surface area contributed by atoms with Crippen LogP contribution in [0.4, 0.5) is 5.69 Å². The minimum absolute atomic E-state index is 0.558. The maximum atomic E-state index is 9.55. The summed E-state index contributed by atoms with van der Waals surface area (Å²) in [6.07, 6.45) is 5.92. The van der Waals surface area contributed by atoms with Crippen LogP contribution in [-0.2, 0) is 14.3 Å². The molecule has 0 saturated carbocycles. The first-order chi connectivity index (χ1) is 12.5. The molecular weight excluding hydrogens is 342 g/mol. The number of aliphatic carboxylic acids is 2. The van der Waals surface area contributed by atoms with Crippen LogP contribution in [0.1, 0.15) is 6.42 Å². The molecule has 1 fully saturated rings. The van der Waals surface area contributed by atoms with Gasteiger partial charge in [0.15, 0.2) is 0 Å². The van der Waals surface area contributed by atoms with Crippen LogP contribution in [0.25, 0.3) is 0 Å². The molecular formula is C17H25N3O6. The number of carboxylic acids is 2. The second kappa shape index (κ2) is 12.7. The molecule has 1 saturated heterocycles. The van der Waals surface area contributed by atoms with Crippen molar-refractivity contribution in [2.75, 3.05) is 51.4 Å². The summed E-state index contributed by atoms with van der Waals surface area (Å²) in [5.41, 5.74) is 1.13. The van der Waals surface area contributed by atoms with E-state index in [1.807, 2.05) is 12.3 Å². The third-order valence-electron chi connectivity index (χ3n) is 3.33. The van der Waals surface area contributed by atoms with Crippen LogP contribution in [0.2, 0.25) is 0 Å². The van der Waals surface area contributed by atoms with Gasteiger partial charge in [-0.15, -0.1) is 0 Å². The zero-order chi connectivity index (χ0) is 19.2. The van der Waals surface area contributed by atoms with Crippen molar-refractivity contribution in [3.63, 3.8) is 0 Å². The molecule has 1 aliphatic rings. The van der Waals surface area contributed by atoms with Crippen LogP contribution in [-0.4, -0.2) is 73.6 Å². The average Bonchev–Trinajstić information content (AvgIpc) is 2.90. The number of nitrogens with one attached hydrogen (secondary N) is 1. The highest BCUT2D eigenvalue weighted by molar-refractivity contribution is 5.89. The minimum atomic E-state index is -1.26. The van der Waals surface area contributed by atoms with Gasteiger partial charge >= 0.3 is 11.9 Å². The quantitative estimate of drug-likeness (QED) is 0.470. The molecule has 0 unspecified atom stereocenters. The molecule has 26 heavy (non-hydrogen) atoms. The van der Waals surface area contributed by atoms with Crippen molar-refractivity contribution in [1.82, 2.24) is 10.3 Å². The Hall–Kier alpha value is -2.65. The van der Waals surface area contributed by atoms with Gasteiger partial charge in [-0.2, -0.15) is 0 Å². The second-order valence-electron chi connectivity index (χ2n) is 5.32. The summed E-state index contributed by atoms with van der Waals surface area (Å²) in [5.74, 6) is -1.71. The lowest BCUT2D eigenvalue weighted by Gasteiger charge is -2.22. The number of hydrogen-bond acceptors (Lipinski definition) is 7. The Morgan fingerprint density at radius 2 is 1.92 bits per heavy atom. The van der Waals surface area contributed by atoms with Crippen LogP contribution < -0.4 is 15.0 Å². The zero-order valence-corrected chi connectivity index (χ0v) is 14.8. The molecule has 2 heterocycles. The largest absolute Gasteiger partial charge is 0.489 e. The van der Waals surface area contributed by atoms with Crippen molar-refractivity contribution >= 4 is 17.6 Å². The van der Waals surface area contributed by atoms with Gasteiger partial charge in [-0.1, -0.05) is 0 Å². The summed E-state index contributed by atoms with van der Waals surface area (Å²) in [5, 5.41) is 19.0. The number of rotatable bonds is 7. The fourth-order valence-corrected chi connectivity index (χ4v) is 2.15. The Kier molecular flexibility index (Phi) is 10.4. The van der Waals surface area contributed by atoms with Gasteiger partial charge < -0.3 is 29.9 Å². The van der Waals surface area contributed by atoms with Gasteiger partial charge in [-0.05, 0) is 13.0 Å². The van der Waals surface area contributed by atoms with E-state index in [9.17, 15) is 9.59 Å². The van der Waals surface area contributed by atoms with E-state index in [4.69, 9.17) is 19.7 Å². The van der Waals surface area contributed by atoms with Gasteiger partial charge in [0.25, 0.3) is 0 Å². The SMILES string of the molecule is COCCOc1cncc(N2CCCNCC2)c1.O=C(O)/C=C/C(=O)O. The Morgan fingerprint density at radius 1 is 1.19 bits per heavy atom. The van der Waals surface area contributed by atoms with Crippen LogP contribution in [0.15, 0.2) is 30.6 Å². The van der Waals surface area contributed by atoms with E-state index in [1.54, 1.807) is 13.3 Å². The summed E-state index contributed by atoms with van der Waals surface area (Å²) in [4.78, 5) is 25.7. The van der Waals surface area contributed by atoms with E-state index < -0.39 is 11.9 Å². The Labute approximate surface area is 152 Å². The lowest BCUT2D eigenvalue weighted by molar-refractivity contribution is -0.134.